The third-order valence-electron chi connectivity index (χ3n) is 6.43. The average Bonchev–Trinajstić information content (AvgIpc) is 3.62. The largest absolute Gasteiger partial charge is 0.457 e. The number of pyridine rings is 1. The molecule has 10 heteroatoms. The quantitative estimate of drug-likeness (QED) is 0.444. The highest BCUT2D eigenvalue weighted by molar-refractivity contribution is 5.93. The van der Waals surface area contributed by atoms with E-state index in [4.69, 9.17) is 26.4 Å². The Hall–Kier alpha value is -4.91. The Labute approximate surface area is 205 Å². The minimum absolute atomic E-state index is 0.187. The standard InChI is InChI=1S/C26H21N5O5/c1-2-23(32)29-12-10-17(14-29)30-20-9-11-28-25(27)24(20)31(26(30)33)16-3-5-18(6-4-16)36-19-7-8-21-22(13-19)35-15-34-21/h1,3-9,11,13,17H,10,12,14-15H2,(H2,27,28)/t17-/m1/s1. The molecule has 1 saturated heterocycles. The van der Waals surface area contributed by atoms with Crippen LogP contribution in [0.4, 0.5) is 5.82 Å². The first kappa shape index (κ1) is 21.6. The number of imidazole rings is 1. The predicted molar refractivity (Wildman–Crippen MR) is 131 cm³/mol. The third kappa shape index (κ3) is 3.49. The van der Waals surface area contributed by atoms with Crippen molar-refractivity contribution in [2.45, 2.75) is 12.5 Å². The van der Waals surface area contributed by atoms with E-state index in [0.29, 0.717) is 59.2 Å². The molecule has 10 nitrogen and oxygen atoms in total. The molecule has 0 unspecified atom stereocenters. The van der Waals surface area contributed by atoms with E-state index in [1.807, 2.05) is 0 Å². The van der Waals surface area contributed by atoms with Crippen LogP contribution in [0.2, 0.25) is 0 Å². The molecule has 0 spiro atoms. The second-order valence-electron chi connectivity index (χ2n) is 8.50. The molecule has 0 radical (unpaired) electrons. The van der Waals surface area contributed by atoms with Crippen molar-refractivity contribution < 1.29 is 19.0 Å². The van der Waals surface area contributed by atoms with Crippen LogP contribution in [0.25, 0.3) is 16.7 Å². The van der Waals surface area contributed by atoms with E-state index in [-0.39, 0.29) is 30.2 Å². The van der Waals surface area contributed by atoms with Gasteiger partial charge in [0.15, 0.2) is 11.5 Å². The molecular weight excluding hydrogens is 462 g/mol. The highest BCUT2D eigenvalue weighted by atomic mass is 16.7. The number of fused-ring (bicyclic) bond motifs is 2. The lowest BCUT2D eigenvalue weighted by Crippen LogP contribution is -2.31. The maximum absolute atomic E-state index is 13.7. The van der Waals surface area contributed by atoms with Crippen LogP contribution < -0.4 is 25.6 Å². The molecule has 0 saturated carbocycles. The van der Waals surface area contributed by atoms with Crippen LogP contribution in [0.1, 0.15) is 12.5 Å². The van der Waals surface area contributed by atoms with E-state index in [1.54, 1.807) is 64.2 Å². The number of carbonyl (C=O) groups is 1. The zero-order valence-corrected chi connectivity index (χ0v) is 19.1. The van der Waals surface area contributed by atoms with E-state index in [0.717, 1.165) is 0 Å². The minimum Gasteiger partial charge on any atom is -0.457 e. The monoisotopic (exact) mass is 483 g/mol. The van der Waals surface area contributed by atoms with Gasteiger partial charge in [0, 0.05) is 25.4 Å². The van der Waals surface area contributed by atoms with Crippen LogP contribution in [0.3, 0.4) is 0 Å². The molecule has 2 aliphatic heterocycles. The van der Waals surface area contributed by atoms with Crippen LogP contribution in [0, 0.1) is 12.3 Å². The molecule has 0 aliphatic carbocycles. The summed E-state index contributed by atoms with van der Waals surface area (Å²) >= 11 is 0. The summed E-state index contributed by atoms with van der Waals surface area (Å²) in [7, 11) is 0. The number of terminal acetylenes is 1. The molecule has 2 aliphatic rings. The number of anilines is 1. The second kappa shape index (κ2) is 8.39. The van der Waals surface area contributed by atoms with Gasteiger partial charge in [0.25, 0.3) is 5.91 Å². The van der Waals surface area contributed by atoms with Crippen molar-refractivity contribution in [2.75, 3.05) is 25.6 Å². The van der Waals surface area contributed by atoms with Gasteiger partial charge >= 0.3 is 5.69 Å². The van der Waals surface area contributed by atoms with E-state index in [2.05, 4.69) is 10.9 Å². The number of hydrogen-bond acceptors (Lipinski definition) is 7. The van der Waals surface area contributed by atoms with Crippen LogP contribution in [0.5, 0.6) is 23.0 Å². The van der Waals surface area contributed by atoms with Crippen LogP contribution >= 0.6 is 0 Å². The number of nitrogens with zero attached hydrogens (tertiary/aromatic N) is 4. The third-order valence-corrected chi connectivity index (χ3v) is 6.43. The fourth-order valence-electron chi connectivity index (χ4n) is 4.75. The molecule has 2 aromatic heterocycles. The van der Waals surface area contributed by atoms with Gasteiger partial charge in [0.05, 0.1) is 17.2 Å². The summed E-state index contributed by atoms with van der Waals surface area (Å²) in [5.41, 5.74) is 7.72. The fourth-order valence-corrected chi connectivity index (χ4v) is 4.75. The molecule has 2 N–H and O–H groups in total. The maximum atomic E-state index is 13.7. The highest BCUT2D eigenvalue weighted by Crippen LogP contribution is 2.37. The summed E-state index contributed by atoms with van der Waals surface area (Å²) in [6.45, 7) is 1.03. The molecule has 0 bridgehead atoms. The number of carbonyl (C=O) groups excluding carboxylic acids is 1. The first-order valence-corrected chi connectivity index (χ1v) is 11.3. The lowest BCUT2D eigenvalue weighted by Gasteiger charge is -2.14. The van der Waals surface area contributed by atoms with Gasteiger partial charge in [-0.2, -0.15) is 0 Å². The minimum atomic E-state index is -0.381. The molecule has 2 aromatic carbocycles. The number of nitrogens with two attached hydrogens (primary N) is 1. The SMILES string of the molecule is C#CC(=O)N1CC[C@@H](n2c(=O)n(-c3ccc(Oc4ccc5c(c4)OCO5)cc3)c3c(N)nccc32)C1. The van der Waals surface area contributed by atoms with E-state index in [9.17, 15) is 9.59 Å². The molecule has 6 rings (SSSR count). The van der Waals surface area contributed by atoms with Gasteiger partial charge in [-0.15, -0.1) is 6.42 Å². The number of benzene rings is 2. The van der Waals surface area contributed by atoms with Crippen LogP contribution in [0.15, 0.2) is 59.5 Å². The van der Waals surface area contributed by atoms with Crippen molar-refractivity contribution in [1.29, 1.82) is 0 Å². The first-order chi connectivity index (χ1) is 17.5. The fraction of sp³-hybridized carbons (Fsp3) is 0.192. The van der Waals surface area contributed by atoms with Crippen molar-refractivity contribution in [1.82, 2.24) is 19.0 Å². The summed E-state index contributed by atoms with van der Waals surface area (Å²) < 4.78 is 19.9. The van der Waals surface area contributed by atoms with Crippen molar-refractivity contribution in [3.63, 3.8) is 0 Å². The number of rotatable bonds is 4. The lowest BCUT2D eigenvalue weighted by molar-refractivity contribution is -0.124. The average molecular weight is 483 g/mol. The van der Waals surface area contributed by atoms with Crippen molar-refractivity contribution in [2.24, 2.45) is 0 Å². The van der Waals surface area contributed by atoms with E-state index >= 15 is 0 Å². The van der Waals surface area contributed by atoms with E-state index in [1.165, 1.54) is 4.57 Å². The number of aromatic nitrogens is 3. The Morgan fingerprint density at radius 2 is 1.89 bits per heavy atom. The van der Waals surface area contributed by atoms with Gasteiger partial charge in [0.1, 0.15) is 22.8 Å². The van der Waals surface area contributed by atoms with Gasteiger partial charge in [-0.3, -0.25) is 13.9 Å². The molecular formula is C26H21N5O5. The maximum Gasteiger partial charge on any atom is 0.334 e. The zero-order chi connectivity index (χ0) is 24.8. The molecule has 36 heavy (non-hydrogen) atoms. The predicted octanol–water partition coefficient (Wildman–Crippen LogP) is 2.70. The molecule has 1 atom stereocenters. The number of likely N-dealkylation sites (tertiary alicyclic amines) is 1. The molecule has 4 heterocycles. The Kier molecular flexibility index (Phi) is 5.04. The summed E-state index contributed by atoms with van der Waals surface area (Å²) in [6.07, 6.45) is 7.46. The van der Waals surface area contributed by atoms with Crippen molar-refractivity contribution >= 4 is 22.8 Å². The Morgan fingerprint density at radius 1 is 1.11 bits per heavy atom. The summed E-state index contributed by atoms with van der Waals surface area (Å²) in [5, 5.41) is 0. The molecule has 4 aromatic rings. The highest BCUT2D eigenvalue weighted by Gasteiger charge is 2.31. The Morgan fingerprint density at radius 3 is 2.69 bits per heavy atom. The number of ether oxygens (including phenoxy) is 3. The zero-order valence-electron chi connectivity index (χ0n) is 19.1. The smallest absolute Gasteiger partial charge is 0.334 e. The van der Waals surface area contributed by atoms with Crippen molar-refractivity contribution in [3.8, 4) is 41.0 Å². The van der Waals surface area contributed by atoms with Crippen molar-refractivity contribution in [3.05, 3.63) is 65.2 Å². The summed E-state index contributed by atoms with van der Waals surface area (Å²) in [5.74, 6) is 4.48. The molecule has 180 valence electrons. The molecule has 1 fully saturated rings. The van der Waals surface area contributed by atoms with Gasteiger partial charge in [0.2, 0.25) is 6.79 Å². The number of amides is 1. The van der Waals surface area contributed by atoms with Crippen LogP contribution in [-0.4, -0.2) is 44.8 Å². The number of hydrogen-bond donors (Lipinski definition) is 1. The molecule has 1 amide bonds. The topological polar surface area (TPSA) is 114 Å². The van der Waals surface area contributed by atoms with Gasteiger partial charge < -0.3 is 24.8 Å². The number of nitrogen functional groups attached to an aromatic ring is 1. The normalized spacial score (nSPS) is 16.3. The lowest BCUT2D eigenvalue weighted by atomic mass is 10.2. The Balaban J connectivity index is 1.35. The van der Waals surface area contributed by atoms with Gasteiger partial charge in [-0.1, -0.05) is 0 Å². The van der Waals surface area contributed by atoms with Gasteiger partial charge in [-0.25, -0.2) is 9.78 Å². The van der Waals surface area contributed by atoms with Crippen LogP contribution in [-0.2, 0) is 4.79 Å². The summed E-state index contributed by atoms with van der Waals surface area (Å²) in [6, 6.07) is 14.0. The second-order valence-corrected chi connectivity index (χ2v) is 8.50. The Bertz CT molecular complexity index is 1600. The van der Waals surface area contributed by atoms with E-state index < -0.39 is 0 Å². The first-order valence-electron chi connectivity index (χ1n) is 11.3. The van der Waals surface area contributed by atoms with Gasteiger partial charge in [-0.05, 0) is 54.8 Å². The summed E-state index contributed by atoms with van der Waals surface area (Å²) in [4.78, 5) is 31.5.